The summed E-state index contributed by atoms with van der Waals surface area (Å²) >= 11 is 0. The van der Waals surface area contributed by atoms with Crippen molar-refractivity contribution in [2.45, 2.75) is 32.3 Å². The number of nitrogens with zero attached hydrogens (tertiary/aromatic N) is 1. The summed E-state index contributed by atoms with van der Waals surface area (Å²) in [5.74, 6) is 0. The fraction of sp³-hybridized carbons (Fsp3) is 0.909. The number of hydrogen-bond acceptors (Lipinski definition) is 4. The highest BCUT2D eigenvalue weighted by Gasteiger charge is 2.24. The van der Waals surface area contributed by atoms with Crippen molar-refractivity contribution in [1.82, 2.24) is 4.90 Å². The molecule has 1 heterocycles. The first kappa shape index (κ1) is 13.3. The molecule has 0 saturated carbocycles. The number of amides is 1. The Hall–Kier alpha value is -0.810. The van der Waals surface area contributed by atoms with Crippen LogP contribution in [0.1, 0.15) is 26.2 Å². The van der Waals surface area contributed by atoms with Crippen LogP contribution in [0.25, 0.3) is 0 Å². The Labute approximate surface area is 96.3 Å². The van der Waals surface area contributed by atoms with Gasteiger partial charge in [0.15, 0.2) is 0 Å². The minimum absolute atomic E-state index is 0.0653. The van der Waals surface area contributed by atoms with Gasteiger partial charge in [0.2, 0.25) is 0 Å². The lowest BCUT2D eigenvalue weighted by Gasteiger charge is -2.31. The lowest BCUT2D eigenvalue weighted by Crippen LogP contribution is -2.43. The average molecular weight is 231 g/mol. The third-order valence-corrected chi connectivity index (χ3v) is 2.51. The van der Waals surface area contributed by atoms with E-state index in [1.54, 1.807) is 4.90 Å². The SMILES string of the molecule is CCCOC1CCCN(C(=O)OCCO)C1. The summed E-state index contributed by atoms with van der Waals surface area (Å²) < 4.78 is 10.5. The van der Waals surface area contributed by atoms with Crippen molar-refractivity contribution in [2.75, 3.05) is 32.9 Å². The summed E-state index contributed by atoms with van der Waals surface area (Å²) in [5.41, 5.74) is 0. The van der Waals surface area contributed by atoms with Gasteiger partial charge in [-0.1, -0.05) is 6.92 Å². The van der Waals surface area contributed by atoms with Gasteiger partial charge in [-0.2, -0.15) is 0 Å². The van der Waals surface area contributed by atoms with E-state index in [4.69, 9.17) is 14.6 Å². The molecule has 1 saturated heterocycles. The summed E-state index contributed by atoms with van der Waals surface area (Å²) in [6.45, 7) is 4.06. The maximum absolute atomic E-state index is 11.5. The molecule has 0 aromatic heterocycles. The predicted molar refractivity (Wildman–Crippen MR) is 59.3 cm³/mol. The molecule has 1 atom stereocenters. The van der Waals surface area contributed by atoms with Crippen molar-refractivity contribution in [2.24, 2.45) is 0 Å². The molecule has 1 N–H and O–H groups in total. The molecule has 16 heavy (non-hydrogen) atoms. The topological polar surface area (TPSA) is 59.0 Å². The number of likely N-dealkylation sites (tertiary alicyclic amines) is 1. The first-order chi connectivity index (χ1) is 7.77. The molecule has 0 aromatic carbocycles. The molecule has 0 bridgehead atoms. The largest absolute Gasteiger partial charge is 0.447 e. The number of hydrogen-bond donors (Lipinski definition) is 1. The van der Waals surface area contributed by atoms with Crippen LogP contribution in [0.15, 0.2) is 0 Å². The van der Waals surface area contributed by atoms with Crippen molar-refractivity contribution in [3.05, 3.63) is 0 Å². The van der Waals surface area contributed by atoms with E-state index in [1.165, 1.54) is 0 Å². The van der Waals surface area contributed by atoms with E-state index in [-0.39, 0.29) is 25.4 Å². The number of piperidine rings is 1. The van der Waals surface area contributed by atoms with Gasteiger partial charge in [-0.05, 0) is 19.3 Å². The molecule has 1 fully saturated rings. The monoisotopic (exact) mass is 231 g/mol. The fourth-order valence-electron chi connectivity index (χ4n) is 1.75. The highest BCUT2D eigenvalue weighted by Crippen LogP contribution is 2.14. The van der Waals surface area contributed by atoms with E-state index in [9.17, 15) is 4.79 Å². The number of rotatable bonds is 5. The summed E-state index contributed by atoms with van der Waals surface area (Å²) in [7, 11) is 0. The first-order valence-corrected chi connectivity index (χ1v) is 5.92. The van der Waals surface area contributed by atoms with E-state index in [2.05, 4.69) is 6.92 Å². The van der Waals surface area contributed by atoms with Crippen molar-refractivity contribution in [3.63, 3.8) is 0 Å². The van der Waals surface area contributed by atoms with Gasteiger partial charge in [0.1, 0.15) is 6.61 Å². The van der Waals surface area contributed by atoms with Crippen LogP contribution in [0.5, 0.6) is 0 Å². The molecule has 1 aliphatic heterocycles. The number of carbonyl (C=O) groups excluding carboxylic acids is 1. The minimum Gasteiger partial charge on any atom is -0.447 e. The molecule has 5 nitrogen and oxygen atoms in total. The van der Waals surface area contributed by atoms with Crippen LogP contribution in [0.3, 0.4) is 0 Å². The van der Waals surface area contributed by atoms with Crippen LogP contribution >= 0.6 is 0 Å². The Morgan fingerprint density at radius 1 is 1.50 bits per heavy atom. The molecular weight excluding hydrogens is 210 g/mol. The van der Waals surface area contributed by atoms with E-state index in [0.29, 0.717) is 6.54 Å². The van der Waals surface area contributed by atoms with Crippen LogP contribution in [-0.4, -0.2) is 55.1 Å². The molecule has 1 unspecified atom stereocenters. The highest BCUT2D eigenvalue weighted by molar-refractivity contribution is 5.67. The van der Waals surface area contributed by atoms with Crippen molar-refractivity contribution < 1.29 is 19.4 Å². The zero-order chi connectivity index (χ0) is 11.8. The lowest BCUT2D eigenvalue weighted by atomic mass is 10.1. The third-order valence-electron chi connectivity index (χ3n) is 2.51. The normalized spacial score (nSPS) is 20.9. The van der Waals surface area contributed by atoms with E-state index >= 15 is 0 Å². The van der Waals surface area contributed by atoms with Crippen LogP contribution < -0.4 is 0 Å². The summed E-state index contributed by atoms with van der Waals surface area (Å²) in [5, 5.41) is 8.56. The van der Waals surface area contributed by atoms with Gasteiger partial charge in [0.25, 0.3) is 0 Å². The predicted octanol–water partition coefficient (Wildman–Crippen LogP) is 1.01. The van der Waals surface area contributed by atoms with Crippen LogP contribution in [0.2, 0.25) is 0 Å². The standard InChI is InChI=1S/C11H21NO4/c1-2-7-15-10-4-3-5-12(9-10)11(14)16-8-6-13/h10,13H,2-9H2,1H3. The molecule has 0 aromatic rings. The van der Waals surface area contributed by atoms with Crippen LogP contribution in [0, 0.1) is 0 Å². The fourth-order valence-corrected chi connectivity index (χ4v) is 1.75. The Kier molecular flexibility index (Phi) is 6.18. The summed E-state index contributed by atoms with van der Waals surface area (Å²) in [4.78, 5) is 13.2. The molecule has 5 heteroatoms. The van der Waals surface area contributed by atoms with E-state index in [0.717, 1.165) is 32.4 Å². The number of aliphatic hydroxyl groups excluding tert-OH is 1. The van der Waals surface area contributed by atoms with Gasteiger partial charge < -0.3 is 19.5 Å². The minimum atomic E-state index is -0.348. The second kappa shape index (κ2) is 7.46. The second-order valence-corrected chi connectivity index (χ2v) is 3.92. The smallest absolute Gasteiger partial charge is 0.409 e. The molecule has 0 radical (unpaired) electrons. The third kappa shape index (κ3) is 4.37. The zero-order valence-electron chi connectivity index (χ0n) is 9.85. The van der Waals surface area contributed by atoms with Crippen LogP contribution in [0.4, 0.5) is 4.79 Å². The molecule has 1 rings (SSSR count). The van der Waals surface area contributed by atoms with Crippen LogP contribution in [-0.2, 0) is 9.47 Å². The number of ether oxygens (including phenoxy) is 2. The molecular formula is C11H21NO4. The lowest BCUT2D eigenvalue weighted by molar-refractivity contribution is -0.00357. The van der Waals surface area contributed by atoms with Gasteiger partial charge in [-0.25, -0.2) is 4.79 Å². The summed E-state index contributed by atoms with van der Waals surface area (Å²) in [6, 6.07) is 0. The van der Waals surface area contributed by atoms with Gasteiger partial charge in [-0.15, -0.1) is 0 Å². The Bertz CT molecular complexity index is 210. The van der Waals surface area contributed by atoms with E-state index < -0.39 is 0 Å². The highest BCUT2D eigenvalue weighted by atomic mass is 16.6. The number of carbonyl (C=O) groups is 1. The Morgan fingerprint density at radius 2 is 2.31 bits per heavy atom. The Balaban J connectivity index is 2.28. The zero-order valence-corrected chi connectivity index (χ0v) is 9.85. The molecule has 94 valence electrons. The first-order valence-electron chi connectivity index (χ1n) is 5.92. The van der Waals surface area contributed by atoms with Gasteiger partial charge >= 0.3 is 6.09 Å². The molecule has 0 spiro atoms. The van der Waals surface area contributed by atoms with Crippen molar-refractivity contribution in [1.29, 1.82) is 0 Å². The Morgan fingerprint density at radius 3 is 3.00 bits per heavy atom. The molecule has 0 aliphatic carbocycles. The van der Waals surface area contributed by atoms with Gasteiger partial charge in [0, 0.05) is 13.2 Å². The van der Waals surface area contributed by atoms with E-state index in [1.807, 2.05) is 0 Å². The second-order valence-electron chi connectivity index (χ2n) is 3.92. The summed E-state index contributed by atoms with van der Waals surface area (Å²) in [6.07, 6.45) is 2.73. The molecule has 1 amide bonds. The van der Waals surface area contributed by atoms with Crippen molar-refractivity contribution in [3.8, 4) is 0 Å². The quantitative estimate of drug-likeness (QED) is 0.767. The van der Waals surface area contributed by atoms with Gasteiger partial charge in [0.05, 0.1) is 19.3 Å². The number of aliphatic hydroxyl groups is 1. The maximum atomic E-state index is 11.5. The maximum Gasteiger partial charge on any atom is 0.409 e. The van der Waals surface area contributed by atoms with Crippen molar-refractivity contribution >= 4 is 6.09 Å². The molecule has 1 aliphatic rings. The average Bonchev–Trinajstić information content (AvgIpc) is 2.33. The van der Waals surface area contributed by atoms with Gasteiger partial charge in [-0.3, -0.25) is 0 Å².